The number of β-amino-alcohol motifs (C(OH)–C–C–N with tert-alkyl or cyclic N) is 1. The first kappa shape index (κ1) is 9.80. The first-order chi connectivity index (χ1) is 6.83. The summed E-state index contributed by atoms with van der Waals surface area (Å²) >= 11 is 3.53. The minimum absolute atomic E-state index is 0.195. The second-order valence-corrected chi connectivity index (χ2v) is 4.13. The molecule has 1 aliphatic heterocycles. The molecule has 2 rings (SSSR count). The number of hydrogen-bond donors (Lipinski definition) is 2. The van der Waals surface area contributed by atoms with Gasteiger partial charge in [-0.3, -0.25) is 0 Å². The fraction of sp³-hybridized carbons (Fsp3) is 0.400. The lowest BCUT2D eigenvalue weighted by molar-refractivity contribution is 0.302. The number of rotatable bonds is 2. The van der Waals surface area contributed by atoms with Gasteiger partial charge in [-0.15, -0.1) is 0 Å². The van der Waals surface area contributed by atoms with E-state index in [9.17, 15) is 0 Å². The topological polar surface area (TPSA) is 35.5 Å². The monoisotopic (exact) mass is 256 g/mol. The van der Waals surface area contributed by atoms with Crippen molar-refractivity contribution >= 4 is 27.3 Å². The van der Waals surface area contributed by atoms with Crippen molar-refractivity contribution in [2.75, 3.05) is 36.5 Å². The van der Waals surface area contributed by atoms with Gasteiger partial charge in [-0.1, -0.05) is 6.07 Å². The van der Waals surface area contributed by atoms with E-state index < -0.39 is 0 Å². The van der Waals surface area contributed by atoms with Gasteiger partial charge in [-0.2, -0.15) is 0 Å². The number of hydrogen-bond acceptors (Lipinski definition) is 3. The zero-order chi connectivity index (χ0) is 9.97. The molecule has 0 atom stereocenters. The van der Waals surface area contributed by atoms with Crippen LogP contribution in [0, 0.1) is 0 Å². The van der Waals surface area contributed by atoms with Crippen LogP contribution in [0.25, 0.3) is 0 Å². The molecule has 1 aromatic carbocycles. The van der Waals surface area contributed by atoms with E-state index in [0.29, 0.717) is 6.54 Å². The van der Waals surface area contributed by atoms with Crippen molar-refractivity contribution in [1.82, 2.24) is 0 Å². The normalized spacial score (nSPS) is 14.9. The van der Waals surface area contributed by atoms with Crippen LogP contribution in [0.3, 0.4) is 0 Å². The van der Waals surface area contributed by atoms with Crippen LogP contribution in [-0.2, 0) is 0 Å². The molecule has 3 nitrogen and oxygen atoms in total. The number of aliphatic hydroxyl groups excluding tert-OH is 1. The van der Waals surface area contributed by atoms with Gasteiger partial charge in [0.05, 0.1) is 18.0 Å². The highest BCUT2D eigenvalue weighted by Gasteiger charge is 2.17. The minimum atomic E-state index is 0.195. The quantitative estimate of drug-likeness (QED) is 0.846. The van der Waals surface area contributed by atoms with Crippen molar-refractivity contribution in [2.24, 2.45) is 0 Å². The van der Waals surface area contributed by atoms with Crippen LogP contribution in [0.4, 0.5) is 11.4 Å². The van der Waals surface area contributed by atoms with Gasteiger partial charge < -0.3 is 15.3 Å². The molecule has 0 bridgehead atoms. The minimum Gasteiger partial charge on any atom is -0.395 e. The van der Waals surface area contributed by atoms with Crippen molar-refractivity contribution in [2.45, 2.75) is 0 Å². The number of benzene rings is 1. The van der Waals surface area contributed by atoms with E-state index >= 15 is 0 Å². The van der Waals surface area contributed by atoms with E-state index in [1.165, 1.54) is 0 Å². The second kappa shape index (κ2) is 4.19. The van der Waals surface area contributed by atoms with Crippen LogP contribution in [0.15, 0.2) is 22.7 Å². The van der Waals surface area contributed by atoms with E-state index in [1.807, 2.05) is 12.1 Å². The molecule has 0 spiro atoms. The molecule has 0 saturated heterocycles. The number of nitrogens with zero attached hydrogens (tertiary/aromatic N) is 1. The molecule has 76 valence electrons. The Labute approximate surface area is 91.9 Å². The van der Waals surface area contributed by atoms with E-state index in [2.05, 4.69) is 32.2 Å². The van der Waals surface area contributed by atoms with Crippen molar-refractivity contribution in [1.29, 1.82) is 0 Å². The molecule has 1 heterocycles. The summed E-state index contributed by atoms with van der Waals surface area (Å²) in [5.41, 5.74) is 2.30. The lowest BCUT2D eigenvalue weighted by Gasteiger charge is -2.32. The Balaban J connectivity index is 2.36. The molecule has 2 N–H and O–H groups in total. The van der Waals surface area contributed by atoms with Crippen molar-refractivity contribution in [3.05, 3.63) is 22.7 Å². The zero-order valence-electron chi connectivity index (χ0n) is 7.83. The maximum absolute atomic E-state index is 8.96. The molecule has 0 unspecified atom stereocenters. The van der Waals surface area contributed by atoms with Gasteiger partial charge in [0.1, 0.15) is 0 Å². The third kappa shape index (κ3) is 1.72. The second-order valence-electron chi connectivity index (χ2n) is 3.27. The van der Waals surface area contributed by atoms with Crippen LogP contribution < -0.4 is 10.2 Å². The third-order valence-electron chi connectivity index (χ3n) is 2.37. The van der Waals surface area contributed by atoms with E-state index in [1.54, 1.807) is 0 Å². The van der Waals surface area contributed by atoms with Gasteiger partial charge in [0, 0.05) is 24.1 Å². The molecule has 1 aliphatic rings. The SMILES string of the molecule is OCCN1CCNc2cccc(Br)c21. The summed E-state index contributed by atoms with van der Waals surface area (Å²) in [5, 5.41) is 12.3. The summed E-state index contributed by atoms with van der Waals surface area (Å²) in [5.74, 6) is 0. The lowest BCUT2D eigenvalue weighted by atomic mass is 10.2. The van der Waals surface area contributed by atoms with E-state index in [-0.39, 0.29) is 6.61 Å². The maximum atomic E-state index is 8.96. The highest BCUT2D eigenvalue weighted by molar-refractivity contribution is 9.10. The van der Waals surface area contributed by atoms with Crippen LogP contribution >= 0.6 is 15.9 Å². The standard InChI is InChI=1S/C10H13BrN2O/c11-8-2-1-3-9-10(8)13(6-7-14)5-4-12-9/h1-3,12,14H,4-7H2. The number of halogens is 1. The molecule has 0 aliphatic carbocycles. The average Bonchev–Trinajstić information content (AvgIpc) is 2.19. The van der Waals surface area contributed by atoms with Gasteiger partial charge in [-0.05, 0) is 28.1 Å². The Morgan fingerprint density at radius 1 is 1.50 bits per heavy atom. The molecular formula is C10H13BrN2O. The molecule has 0 fully saturated rings. The first-order valence-corrected chi connectivity index (χ1v) is 5.50. The number of para-hydroxylation sites is 1. The maximum Gasteiger partial charge on any atom is 0.0747 e. The summed E-state index contributed by atoms with van der Waals surface area (Å²) in [6, 6.07) is 6.10. The fourth-order valence-electron chi connectivity index (χ4n) is 1.76. The number of fused-ring (bicyclic) bond motifs is 1. The molecule has 0 amide bonds. The zero-order valence-corrected chi connectivity index (χ0v) is 9.42. The van der Waals surface area contributed by atoms with Gasteiger partial charge in [0.25, 0.3) is 0 Å². The fourth-order valence-corrected chi connectivity index (χ4v) is 2.38. The summed E-state index contributed by atoms with van der Waals surface area (Å²) in [6.07, 6.45) is 0. The predicted molar refractivity (Wildman–Crippen MR) is 61.9 cm³/mol. The molecular weight excluding hydrogens is 244 g/mol. The molecule has 14 heavy (non-hydrogen) atoms. The smallest absolute Gasteiger partial charge is 0.0747 e. The van der Waals surface area contributed by atoms with E-state index in [0.717, 1.165) is 28.9 Å². The highest BCUT2D eigenvalue weighted by Crippen LogP contribution is 2.35. The van der Waals surface area contributed by atoms with Crippen molar-refractivity contribution < 1.29 is 5.11 Å². The lowest BCUT2D eigenvalue weighted by Crippen LogP contribution is -2.36. The number of nitrogens with one attached hydrogen (secondary N) is 1. The molecule has 0 aromatic heterocycles. The van der Waals surface area contributed by atoms with Crippen molar-refractivity contribution in [3.8, 4) is 0 Å². The summed E-state index contributed by atoms with van der Waals surface area (Å²) in [4.78, 5) is 2.19. The molecule has 1 aromatic rings. The van der Waals surface area contributed by atoms with Gasteiger partial charge in [0.2, 0.25) is 0 Å². The first-order valence-electron chi connectivity index (χ1n) is 4.71. The molecule has 0 radical (unpaired) electrons. The van der Waals surface area contributed by atoms with E-state index in [4.69, 9.17) is 5.11 Å². The van der Waals surface area contributed by atoms with Crippen LogP contribution in [0.1, 0.15) is 0 Å². The summed E-state index contributed by atoms with van der Waals surface area (Å²) < 4.78 is 1.08. The summed E-state index contributed by atoms with van der Waals surface area (Å²) in [7, 11) is 0. The molecule has 0 saturated carbocycles. The van der Waals surface area contributed by atoms with Crippen LogP contribution in [0.5, 0.6) is 0 Å². The Hall–Kier alpha value is -0.740. The predicted octanol–water partition coefficient (Wildman–Crippen LogP) is 1.67. The Morgan fingerprint density at radius 2 is 2.36 bits per heavy atom. The number of anilines is 2. The van der Waals surface area contributed by atoms with Crippen molar-refractivity contribution in [3.63, 3.8) is 0 Å². The summed E-state index contributed by atoms with van der Waals surface area (Å²) in [6.45, 7) is 2.76. The van der Waals surface area contributed by atoms with Crippen LogP contribution in [-0.4, -0.2) is 31.3 Å². The third-order valence-corrected chi connectivity index (χ3v) is 3.01. The number of aliphatic hydroxyl groups is 1. The Kier molecular flexibility index (Phi) is 2.93. The molecule has 4 heteroatoms. The highest BCUT2D eigenvalue weighted by atomic mass is 79.9. The largest absolute Gasteiger partial charge is 0.395 e. The Morgan fingerprint density at radius 3 is 3.14 bits per heavy atom. The Bertz CT molecular complexity index is 330. The average molecular weight is 257 g/mol. The van der Waals surface area contributed by atoms with Gasteiger partial charge in [0.15, 0.2) is 0 Å². The van der Waals surface area contributed by atoms with Gasteiger partial charge in [-0.25, -0.2) is 0 Å². The van der Waals surface area contributed by atoms with Gasteiger partial charge >= 0.3 is 0 Å². The van der Waals surface area contributed by atoms with Crippen LogP contribution in [0.2, 0.25) is 0 Å².